The summed E-state index contributed by atoms with van der Waals surface area (Å²) < 4.78 is 11.1. The lowest BCUT2D eigenvalue weighted by molar-refractivity contribution is 0.0387. The number of amides is 2. The van der Waals surface area contributed by atoms with Crippen molar-refractivity contribution in [2.24, 2.45) is 0 Å². The Bertz CT molecular complexity index is 662. The molecule has 1 aliphatic rings. The second kappa shape index (κ2) is 7.48. The molecule has 0 aliphatic carbocycles. The molecule has 0 saturated carbocycles. The Kier molecular flexibility index (Phi) is 5.15. The number of benzene rings is 1. The van der Waals surface area contributed by atoms with Crippen molar-refractivity contribution in [2.45, 2.75) is 13.5 Å². The molecule has 124 valence electrons. The van der Waals surface area contributed by atoms with Gasteiger partial charge in [-0.05, 0) is 13.0 Å². The number of nitrogens with zero attached hydrogens (tertiary/aromatic N) is 1. The third-order valence-corrected chi connectivity index (χ3v) is 4.17. The lowest BCUT2D eigenvalue weighted by Gasteiger charge is -2.26. The Hall–Kier alpha value is -2.05. The lowest BCUT2D eigenvalue weighted by atomic mass is 10.1. The summed E-state index contributed by atoms with van der Waals surface area (Å²) in [6, 6.07) is 7.73. The summed E-state index contributed by atoms with van der Waals surface area (Å²) in [5.74, 6) is 0.800. The van der Waals surface area contributed by atoms with Crippen LogP contribution in [0.3, 0.4) is 0 Å². The van der Waals surface area contributed by atoms with E-state index in [0.29, 0.717) is 13.1 Å². The van der Waals surface area contributed by atoms with Crippen LogP contribution in [-0.4, -0.2) is 50.3 Å². The Morgan fingerprint density at radius 3 is 2.78 bits per heavy atom. The summed E-state index contributed by atoms with van der Waals surface area (Å²) in [4.78, 5) is 14.2. The highest BCUT2D eigenvalue weighted by Gasteiger charge is 2.12. The molecule has 2 heterocycles. The van der Waals surface area contributed by atoms with Gasteiger partial charge in [0.1, 0.15) is 11.3 Å². The van der Waals surface area contributed by atoms with Crippen LogP contribution in [0.1, 0.15) is 11.3 Å². The molecule has 2 N–H and O–H groups in total. The van der Waals surface area contributed by atoms with Crippen molar-refractivity contribution in [3.05, 3.63) is 35.6 Å². The fraction of sp³-hybridized carbons (Fsp3) is 0.471. The van der Waals surface area contributed by atoms with Crippen LogP contribution >= 0.6 is 0 Å². The van der Waals surface area contributed by atoms with Crippen LogP contribution in [0.4, 0.5) is 4.79 Å². The van der Waals surface area contributed by atoms with E-state index in [-0.39, 0.29) is 6.03 Å². The average Bonchev–Trinajstić information content (AvgIpc) is 2.90. The molecule has 2 aromatic rings. The lowest BCUT2D eigenvalue weighted by Crippen LogP contribution is -2.43. The highest BCUT2D eigenvalue weighted by atomic mass is 16.5. The maximum Gasteiger partial charge on any atom is 0.315 e. The number of morpholine rings is 1. The topological polar surface area (TPSA) is 66.7 Å². The number of hydrogen-bond acceptors (Lipinski definition) is 4. The number of carbonyl (C=O) groups is 1. The quantitative estimate of drug-likeness (QED) is 0.883. The van der Waals surface area contributed by atoms with Gasteiger partial charge < -0.3 is 19.8 Å². The molecule has 0 bridgehead atoms. The van der Waals surface area contributed by atoms with E-state index in [1.807, 2.05) is 31.2 Å². The van der Waals surface area contributed by atoms with E-state index in [1.54, 1.807) is 0 Å². The molecule has 23 heavy (non-hydrogen) atoms. The van der Waals surface area contributed by atoms with Crippen LogP contribution in [0.15, 0.2) is 28.7 Å². The predicted molar refractivity (Wildman–Crippen MR) is 88.4 cm³/mol. The van der Waals surface area contributed by atoms with Crippen LogP contribution in [0, 0.1) is 6.92 Å². The maximum atomic E-state index is 11.9. The van der Waals surface area contributed by atoms with Gasteiger partial charge in [0.2, 0.25) is 0 Å². The molecule has 1 aromatic heterocycles. The van der Waals surface area contributed by atoms with E-state index in [2.05, 4.69) is 15.5 Å². The normalized spacial score (nSPS) is 15.7. The Balaban J connectivity index is 1.43. The molecule has 3 rings (SSSR count). The highest BCUT2D eigenvalue weighted by molar-refractivity contribution is 5.82. The zero-order valence-corrected chi connectivity index (χ0v) is 13.4. The van der Waals surface area contributed by atoms with Gasteiger partial charge in [-0.25, -0.2) is 4.79 Å². The van der Waals surface area contributed by atoms with E-state index >= 15 is 0 Å². The van der Waals surface area contributed by atoms with Gasteiger partial charge in [0, 0.05) is 37.1 Å². The SMILES string of the molecule is Cc1c(CNC(=O)NCCN2CCOCC2)oc2ccccc12. The van der Waals surface area contributed by atoms with Crippen LogP contribution in [-0.2, 0) is 11.3 Å². The smallest absolute Gasteiger partial charge is 0.315 e. The van der Waals surface area contributed by atoms with Crippen molar-refractivity contribution >= 4 is 17.0 Å². The third kappa shape index (κ3) is 4.03. The molecule has 0 atom stereocenters. The zero-order valence-electron chi connectivity index (χ0n) is 13.4. The van der Waals surface area contributed by atoms with Crippen molar-refractivity contribution < 1.29 is 13.9 Å². The first-order valence-corrected chi connectivity index (χ1v) is 8.03. The maximum absolute atomic E-state index is 11.9. The van der Waals surface area contributed by atoms with Gasteiger partial charge in [-0.3, -0.25) is 4.90 Å². The van der Waals surface area contributed by atoms with Gasteiger partial charge in [0.05, 0.1) is 19.8 Å². The zero-order chi connectivity index (χ0) is 16.1. The predicted octanol–water partition coefficient (Wildman–Crippen LogP) is 1.87. The number of aryl methyl sites for hydroxylation is 1. The van der Waals surface area contributed by atoms with Crippen molar-refractivity contribution in [1.29, 1.82) is 0 Å². The molecule has 1 saturated heterocycles. The molecule has 1 aliphatic heterocycles. The van der Waals surface area contributed by atoms with Crippen molar-refractivity contribution in [2.75, 3.05) is 39.4 Å². The van der Waals surface area contributed by atoms with E-state index in [0.717, 1.165) is 55.1 Å². The molecule has 0 unspecified atom stereocenters. The molecule has 1 aromatic carbocycles. The first kappa shape index (κ1) is 15.8. The molecule has 1 fully saturated rings. The number of furan rings is 1. The number of carbonyl (C=O) groups excluding carboxylic acids is 1. The van der Waals surface area contributed by atoms with Gasteiger partial charge in [0.25, 0.3) is 0 Å². The van der Waals surface area contributed by atoms with Crippen LogP contribution < -0.4 is 10.6 Å². The molecule has 0 radical (unpaired) electrons. The van der Waals surface area contributed by atoms with Gasteiger partial charge >= 0.3 is 6.03 Å². The number of hydrogen-bond donors (Lipinski definition) is 2. The Morgan fingerprint density at radius 1 is 1.22 bits per heavy atom. The van der Waals surface area contributed by atoms with Gasteiger partial charge in [-0.15, -0.1) is 0 Å². The molecular formula is C17H23N3O3. The van der Waals surface area contributed by atoms with Crippen LogP contribution in [0.5, 0.6) is 0 Å². The van der Waals surface area contributed by atoms with Crippen molar-refractivity contribution in [1.82, 2.24) is 15.5 Å². The first-order chi connectivity index (χ1) is 11.2. The summed E-state index contributed by atoms with van der Waals surface area (Å²) in [6.07, 6.45) is 0. The number of fused-ring (bicyclic) bond motifs is 1. The molecule has 0 spiro atoms. The van der Waals surface area contributed by atoms with Gasteiger partial charge in [-0.1, -0.05) is 18.2 Å². The summed E-state index contributed by atoms with van der Waals surface area (Å²) in [5.41, 5.74) is 1.93. The average molecular weight is 317 g/mol. The number of urea groups is 1. The first-order valence-electron chi connectivity index (χ1n) is 8.03. The Morgan fingerprint density at radius 2 is 2.00 bits per heavy atom. The standard InChI is InChI=1S/C17H23N3O3/c1-13-14-4-2-3-5-15(14)23-16(13)12-19-17(21)18-6-7-20-8-10-22-11-9-20/h2-5H,6-12H2,1H3,(H2,18,19,21). The summed E-state index contributed by atoms with van der Waals surface area (Å²) >= 11 is 0. The minimum atomic E-state index is -0.168. The van der Waals surface area contributed by atoms with Gasteiger partial charge in [-0.2, -0.15) is 0 Å². The molecule has 6 heteroatoms. The number of nitrogens with one attached hydrogen (secondary N) is 2. The van der Waals surface area contributed by atoms with Crippen molar-refractivity contribution in [3.8, 4) is 0 Å². The van der Waals surface area contributed by atoms with E-state index in [9.17, 15) is 4.79 Å². The van der Waals surface area contributed by atoms with E-state index in [1.165, 1.54) is 0 Å². The minimum Gasteiger partial charge on any atom is -0.459 e. The Labute approximate surface area is 135 Å². The fourth-order valence-corrected chi connectivity index (χ4v) is 2.77. The van der Waals surface area contributed by atoms with Crippen LogP contribution in [0.2, 0.25) is 0 Å². The number of para-hydroxylation sites is 1. The fourth-order valence-electron chi connectivity index (χ4n) is 2.77. The van der Waals surface area contributed by atoms with Gasteiger partial charge in [0.15, 0.2) is 0 Å². The third-order valence-electron chi connectivity index (χ3n) is 4.17. The van der Waals surface area contributed by atoms with Crippen LogP contribution in [0.25, 0.3) is 11.0 Å². The second-order valence-corrected chi connectivity index (χ2v) is 5.71. The minimum absolute atomic E-state index is 0.168. The largest absolute Gasteiger partial charge is 0.459 e. The molecular weight excluding hydrogens is 294 g/mol. The van der Waals surface area contributed by atoms with E-state index in [4.69, 9.17) is 9.15 Å². The second-order valence-electron chi connectivity index (χ2n) is 5.71. The number of ether oxygens (including phenoxy) is 1. The summed E-state index contributed by atoms with van der Waals surface area (Å²) in [5, 5.41) is 6.83. The monoisotopic (exact) mass is 317 g/mol. The summed E-state index contributed by atoms with van der Waals surface area (Å²) in [6.45, 7) is 7.30. The van der Waals surface area contributed by atoms with E-state index < -0.39 is 0 Å². The molecule has 2 amide bonds. The summed E-state index contributed by atoms with van der Waals surface area (Å²) in [7, 11) is 0. The highest BCUT2D eigenvalue weighted by Crippen LogP contribution is 2.24. The van der Waals surface area contributed by atoms with Crippen molar-refractivity contribution in [3.63, 3.8) is 0 Å². The number of rotatable bonds is 5. The molecule has 6 nitrogen and oxygen atoms in total.